The molecule has 0 aliphatic heterocycles. The minimum absolute atomic E-state index is 0.126. The van der Waals surface area contributed by atoms with Crippen LogP contribution in [0.25, 0.3) is 0 Å². The van der Waals surface area contributed by atoms with Crippen LogP contribution in [0.1, 0.15) is 65.7 Å². The summed E-state index contributed by atoms with van der Waals surface area (Å²) in [6.45, 7) is 6.95. The van der Waals surface area contributed by atoms with Crippen molar-refractivity contribution in [2.45, 2.75) is 71.3 Å². The first-order valence-corrected chi connectivity index (χ1v) is 5.81. The zero-order valence-corrected chi connectivity index (χ0v) is 9.53. The average Bonchev–Trinajstić information content (AvgIpc) is 2.07. The lowest BCUT2D eigenvalue weighted by atomic mass is 9.62. The van der Waals surface area contributed by atoms with E-state index in [2.05, 4.69) is 20.8 Å². The Labute approximate surface area is 83.1 Å². The van der Waals surface area contributed by atoms with Crippen LogP contribution in [0.15, 0.2) is 0 Å². The largest absolute Gasteiger partial charge is 0.325 e. The zero-order valence-electron chi connectivity index (χ0n) is 9.53. The lowest BCUT2D eigenvalue weighted by Gasteiger charge is -2.48. The molecule has 1 unspecified atom stereocenters. The fraction of sp³-hybridized carbons (Fsp3) is 1.00. The molecule has 0 saturated heterocycles. The quantitative estimate of drug-likeness (QED) is 0.712. The average molecular weight is 183 g/mol. The lowest BCUT2D eigenvalue weighted by molar-refractivity contribution is 0.0885. The molecule has 1 saturated carbocycles. The van der Waals surface area contributed by atoms with Gasteiger partial charge in [0.1, 0.15) is 0 Å². The molecule has 2 N–H and O–H groups in total. The Balaban J connectivity index is 2.60. The molecule has 1 aliphatic rings. The Hall–Kier alpha value is -0.0400. The fourth-order valence-corrected chi connectivity index (χ4v) is 2.55. The first-order chi connectivity index (χ1) is 6.02. The third-order valence-electron chi connectivity index (χ3n) is 4.00. The van der Waals surface area contributed by atoms with E-state index in [-0.39, 0.29) is 5.54 Å². The minimum atomic E-state index is 0.126. The van der Waals surface area contributed by atoms with Gasteiger partial charge in [0.05, 0.1) is 0 Å². The summed E-state index contributed by atoms with van der Waals surface area (Å²) >= 11 is 0. The van der Waals surface area contributed by atoms with Crippen LogP contribution in [0.4, 0.5) is 0 Å². The molecule has 0 heterocycles. The van der Waals surface area contributed by atoms with Gasteiger partial charge >= 0.3 is 0 Å². The molecule has 1 atom stereocenters. The lowest BCUT2D eigenvalue weighted by Crippen LogP contribution is -2.54. The van der Waals surface area contributed by atoms with Crippen molar-refractivity contribution in [2.24, 2.45) is 11.1 Å². The molecule has 0 aromatic rings. The Bertz CT molecular complexity index is 163. The van der Waals surface area contributed by atoms with Crippen molar-refractivity contribution in [1.29, 1.82) is 0 Å². The summed E-state index contributed by atoms with van der Waals surface area (Å²) in [7, 11) is 0. The summed E-state index contributed by atoms with van der Waals surface area (Å²) in [6, 6.07) is 0. The van der Waals surface area contributed by atoms with Crippen LogP contribution >= 0.6 is 0 Å². The number of hydrogen-bond donors (Lipinski definition) is 1. The van der Waals surface area contributed by atoms with Gasteiger partial charge in [0.15, 0.2) is 0 Å². The van der Waals surface area contributed by atoms with Crippen LogP contribution in [-0.4, -0.2) is 5.54 Å². The van der Waals surface area contributed by atoms with Crippen LogP contribution in [0.3, 0.4) is 0 Å². The normalized spacial score (nSPS) is 33.2. The Morgan fingerprint density at radius 2 is 1.77 bits per heavy atom. The number of unbranched alkanes of at least 4 members (excludes halogenated alkanes) is 1. The maximum atomic E-state index is 6.52. The first-order valence-electron chi connectivity index (χ1n) is 5.81. The van der Waals surface area contributed by atoms with Crippen molar-refractivity contribution < 1.29 is 0 Å². The van der Waals surface area contributed by atoms with E-state index < -0.39 is 0 Å². The molecule has 78 valence electrons. The van der Waals surface area contributed by atoms with Gasteiger partial charge < -0.3 is 5.73 Å². The van der Waals surface area contributed by atoms with E-state index in [0.29, 0.717) is 5.41 Å². The molecule has 1 aliphatic carbocycles. The van der Waals surface area contributed by atoms with Gasteiger partial charge in [-0.25, -0.2) is 0 Å². The SMILES string of the molecule is CCCCC1(N)CCCCC1(C)C. The standard InChI is InChI=1S/C12H25N/c1-4-5-9-12(13)10-7-6-8-11(12,2)3/h4-10,13H2,1-3H3. The van der Waals surface area contributed by atoms with Gasteiger partial charge in [0, 0.05) is 5.54 Å². The van der Waals surface area contributed by atoms with Gasteiger partial charge in [-0.1, -0.05) is 46.5 Å². The van der Waals surface area contributed by atoms with E-state index in [9.17, 15) is 0 Å². The molecule has 1 fully saturated rings. The molecule has 1 heteroatoms. The van der Waals surface area contributed by atoms with Gasteiger partial charge in [-0.3, -0.25) is 0 Å². The van der Waals surface area contributed by atoms with Gasteiger partial charge in [0.2, 0.25) is 0 Å². The number of hydrogen-bond acceptors (Lipinski definition) is 1. The molecule has 13 heavy (non-hydrogen) atoms. The maximum absolute atomic E-state index is 6.52. The minimum Gasteiger partial charge on any atom is -0.325 e. The number of rotatable bonds is 3. The maximum Gasteiger partial charge on any atom is 0.0206 e. The van der Waals surface area contributed by atoms with E-state index in [4.69, 9.17) is 5.73 Å². The molecule has 0 aromatic heterocycles. The highest BCUT2D eigenvalue weighted by molar-refractivity contribution is 4.99. The highest BCUT2D eigenvalue weighted by Crippen LogP contribution is 2.44. The van der Waals surface area contributed by atoms with E-state index in [1.54, 1.807) is 0 Å². The molecule has 1 rings (SSSR count). The van der Waals surface area contributed by atoms with Crippen molar-refractivity contribution in [3.63, 3.8) is 0 Å². The van der Waals surface area contributed by atoms with Gasteiger partial charge in [0.25, 0.3) is 0 Å². The summed E-state index contributed by atoms with van der Waals surface area (Å²) < 4.78 is 0. The van der Waals surface area contributed by atoms with Gasteiger partial charge in [-0.05, 0) is 24.7 Å². The van der Waals surface area contributed by atoms with E-state index in [0.717, 1.165) is 0 Å². The molecule has 0 spiro atoms. The van der Waals surface area contributed by atoms with Crippen LogP contribution in [0.2, 0.25) is 0 Å². The predicted molar refractivity (Wildman–Crippen MR) is 58.7 cm³/mol. The van der Waals surface area contributed by atoms with E-state index in [1.807, 2.05) is 0 Å². The summed E-state index contributed by atoms with van der Waals surface area (Å²) in [5.41, 5.74) is 7.01. The molecule has 0 radical (unpaired) electrons. The van der Waals surface area contributed by atoms with Crippen LogP contribution < -0.4 is 5.73 Å². The summed E-state index contributed by atoms with van der Waals surface area (Å²) in [5.74, 6) is 0. The fourth-order valence-electron chi connectivity index (χ4n) is 2.55. The second-order valence-corrected chi connectivity index (χ2v) is 5.35. The molecule has 1 nitrogen and oxygen atoms in total. The second-order valence-electron chi connectivity index (χ2n) is 5.35. The highest BCUT2D eigenvalue weighted by Gasteiger charge is 2.42. The summed E-state index contributed by atoms with van der Waals surface area (Å²) in [5, 5.41) is 0. The number of nitrogens with two attached hydrogens (primary N) is 1. The van der Waals surface area contributed by atoms with Crippen LogP contribution in [0.5, 0.6) is 0 Å². The van der Waals surface area contributed by atoms with Crippen molar-refractivity contribution >= 4 is 0 Å². The monoisotopic (exact) mass is 183 g/mol. The van der Waals surface area contributed by atoms with Crippen molar-refractivity contribution in [3.05, 3.63) is 0 Å². The third-order valence-corrected chi connectivity index (χ3v) is 4.00. The molecule has 0 amide bonds. The smallest absolute Gasteiger partial charge is 0.0206 e. The predicted octanol–water partition coefficient (Wildman–Crippen LogP) is 3.47. The first kappa shape index (κ1) is 11.0. The van der Waals surface area contributed by atoms with Gasteiger partial charge in [-0.2, -0.15) is 0 Å². The zero-order chi connectivity index (χ0) is 9.95. The Morgan fingerprint density at radius 3 is 2.31 bits per heavy atom. The van der Waals surface area contributed by atoms with Crippen molar-refractivity contribution in [3.8, 4) is 0 Å². The third kappa shape index (κ3) is 2.25. The molecular weight excluding hydrogens is 158 g/mol. The van der Waals surface area contributed by atoms with E-state index >= 15 is 0 Å². The topological polar surface area (TPSA) is 26.0 Å². The highest BCUT2D eigenvalue weighted by atomic mass is 14.8. The van der Waals surface area contributed by atoms with Crippen LogP contribution in [-0.2, 0) is 0 Å². The second kappa shape index (κ2) is 4.00. The Kier molecular flexibility index (Phi) is 3.39. The van der Waals surface area contributed by atoms with Gasteiger partial charge in [-0.15, -0.1) is 0 Å². The molecular formula is C12H25N. The van der Waals surface area contributed by atoms with Crippen molar-refractivity contribution in [1.82, 2.24) is 0 Å². The van der Waals surface area contributed by atoms with Crippen LogP contribution in [0, 0.1) is 5.41 Å². The van der Waals surface area contributed by atoms with E-state index in [1.165, 1.54) is 44.9 Å². The molecule has 0 bridgehead atoms. The summed E-state index contributed by atoms with van der Waals surface area (Å²) in [4.78, 5) is 0. The summed E-state index contributed by atoms with van der Waals surface area (Å²) in [6.07, 6.45) is 9.04. The molecule has 0 aromatic carbocycles. The Morgan fingerprint density at radius 1 is 1.15 bits per heavy atom. The van der Waals surface area contributed by atoms with Crippen molar-refractivity contribution in [2.75, 3.05) is 0 Å².